The molecule has 1 atom stereocenters. The van der Waals surface area contributed by atoms with Crippen molar-refractivity contribution < 1.29 is 14.1 Å². The first-order chi connectivity index (χ1) is 11.7. The first-order valence-corrected chi connectivity index (χ1v) is 8.22. The molecule has 0 aliphatic carbocycles. The molecule has 1 aromatic carbocycles. The van der Waals surface area contributed by atoms with Crippen molar-refractivity contribution in [3.63, 3.8) is 0 Å². The van der Waals surface area contributed by atoms with E-state index >= 15 is 0 Å². The summed E-state index contributed by atoms with van der Waals surface area (Å²) in [6.07, 6.45) is 1.87. The first-order valence-electron chi connectivity index (χ1n) is 8.22. The van der Waals surface area contributed by atoms with Gasteiger partial charge in [0, 0.05) is 25.2 Å². The normalized spacial score (nSPS) is 17.6. The Hall–Kier alpha value is -2.57. The van der Waals surface area contributed by atoms with Crippen molar-refractivity contribution in [1.82, 2.24) is 20.4 Å². The highest BCUT2D eigenvalue weighted by Gasteiger charge is 2.28. The fraction of sp³-hybridized carbons (Fsp3) is 0.471. The molecule has 1 aromatic heterocycles. The summed E-state index contributed by atoms with van der Waals surface area (Å²) in [4.78, 5) is 18.3. The minimum absolute atomic E-state index is 0.0327. The van der Waals surface area contributed by atoms with Gasteiger partial charge in [0.25, 0.3) is 0 Å². The van der Waals surface area contributed by atoms with E-state index in [1.807, 2.05) is 36.1 Å². The van der Waals surface area contributed by atoms with Crippen molar-refractivity contribution in [3.05, 3.63) is 30.2 Å². The van der Waals surface area contributed by atoms with Gasteiger partial charge in [0.05, 0.1) is 13.0 Å². The van der Waals surface area contributed by atoms with Crippen LogP contribution in [0.3, 0.4) is 0 Å². The highest BCUT2D eigenvalue weighted by atomic mass is 16.5. The van der Waals surface area contributed by atoms with Crippen LogP contribution >= 0.6 is 0 Å². The molecule has 0 saturated carbocycles. The van der Waals surface area contributed by atoms with Crippen LogP contribution in [0.2, 0.25) is 0 Å². The van der Waals surface area contributed by atoms with Crippen molar-refractivity contribution in [1.29, 1.82) is 0 Å². The van der Waals surface area contributed by atoms with Crippen LogP contribution in [-0.2, 0) is 0 Å². The molecule has 24 heavy (non-hydrogen) atoms. The molecule has 7 nitrogen and oxygen atoms in total. The van der Waals surface area contributed by atoms with E-state index in [-0.39, 0.29) is 11.9 Å². The molecule has 0 bridgehead atoms. The van der Waals surface area contributed by atoms with Crippen LogP contribution in [0.25, 0.3) is 11.4 Å². The maximum Gasteiger partial charge on any atom is 0.317 e. The lowest BCUT2D eigenvalue weighted by molar-refractivity contribution is 0.172. The van der Waals surface area contributed by atoms with Crippen LogP contribution in [0.1, 0.15) is 31.6 Å². The number of nitrogens with zero attached hydrogens (tertiary/aromatic N) is 3. The van der Waals surface area contributed by atoms with Crippen molar-refractivity contribution >= 4 is 6.03 Å². The van der Waals surface area contributed by atoms with Gasteiger partial charge in [0.15, 0.2) is 0 Å². The van der Waals surface area contributed by atoms with Gasteiger partial charge in [-0.1, -0.05) is 17.3 Å². The van der Waals surface area contributed by atoms with E-state index in [9.17, 15) is 4.79 Å². The summed E-state index contributed by atoms with van der Waals surface area (Å²) in [5.41, 5.74) is 0.848. The van der Waals surface area contributed by atoms with Gasteiger partial charge in [-0.15, -0.1) is 0 Å². The van der Waals surface area contributed by atoms with Gasteiger partial charge in [-0.25, -0.2) is 4.79 Å². The average molecular weight is 330 g/mol. The number of carbonyl (C=O) groups is 1. The molecule has 1 fully saturated rings. The molecule has 1 N–H and O–H groups in total. The fourth-order valence-corrected chi connectivity index (χ4v) is 2.91. The Morgan fingerprint density at radius 1 is 1.50 bits per heavy atom. The number of ether oxygens (including phenoxy) is 1. The van der Waals surface area contributed by atoms with Gasteiger partial charge in [0.1, 0.15) is 5.75 Å². The Morgan fingerprint density at radius 3 is 3.17 bits per heavy atom. The number of hydrogen-bond donors (Lipinski definition) is 1. The molecule has 2 heterocycles. The third-order valence-corrected chi connectivity index (χ3v) is 4.16. The van der Waals surface area contributed by atoms with Crippen LogP contribution in [-0.4, -0.2) is 47.8 Å². The smallest absolute Gasteiger partial charge is 0.317 e. The Morgan fingerprint density at radius 2 is 2.38 bits per heavy atom. The number of methoxy groups -OCH3 is 1. The zero-order chi connectivity index (χ0) is 16.9. The summed E-state index contributed by atoms with van der Waals surface area (Å²) < 4.78 is 10.7. The second-order valence-corrected chi connectivity index (χ2v) is 5.81. The maximum atomic E-state index is 12.0. The van der Waals surface area contributed by atoms with E-state index in [1.54, 1.807) is 7.11 Å². The van der Waals surface area contributed by atoms with Gasteiger partial charge in [-0.3, -0.25) is 0 Å². The van der Waals surface area contributed by atoms with Gasteiger partial charge >= 0.3 is 6.03 Å². The lowest BCUT2D eigenvalue weighted by Crippen LogP contribution is -2.44. The number of amides is 2. The van der Waals surface area contributed by atoms with Gasteiger partial charge in [-0.05, 0) is 31.9 Å². The molecule has 1 aliphatic heterocycles. The predicted molar refractivity (Wildman–Crippen MR) is 88.9 cm³/mol. The molecular weight excluding hydrogens is 308 g/mol. The quantitative estimate of drug-likeness (QED) is 0.932. The van der Waals surface area contributed by atoms with E-state index in [0.29, 0.717) is 24.8 Å². The summed E-state index contributed by atoms with van der Waals surface area (Å²) in [7, 11) is 1.62. The Kier molecular flexibility index (Phi) is 4.98. The van der Waals surface area contributed by atoms with E-state index in [1.165, 1.54) is 0 Å². The summed E-state index contributed by atoms with van der Waals surface area (Å²) >= 11 is 0. The SMILES string of the molecule is CCNC(=O)N1CCCC(c2nc(-c3cccc(OC)c3)no2)C1. The topological polar surface area (TPSA) is 80.5 Å². The molecule has 1 aliphatic rings. The number of carbonyl (C=O) groups excluding carboxylic acids is 1. The second kappa shape index (κ2) is 7.33. The van der Waals surface area contributed by atoms with Gasteiger partial charge in [0.2, 0.25) is 11.7 Å². The second-order valence-electron chi connectivity index (χ2n) is 5.81. The van der Waals surface area contributed by atoms with E-state index in [4.69, 9.17) is 9.26 Å². The average Bonchev–Trinajstić information content (AvgIpc) is 3.12. The standard InChI is InChI=1S/C17H22N4O3/c1-3-18-17(22)21-9-5-7-13(11-21)16-19-15(20-24-16)12-6-4-8-14(10-12)23-2/h4,6,8,10,13H,3,5,7,9,11H2,1-2H3,(H,18,22). The molecule has 128 valence electrons. The summed E-state index contributed by atoms with van der Waals surface area (Å²) in [6, 6.07) is 7.52. The summed E-state index contributed by atoms with van der Waals surface area (Å²) in [5, 5.41) is 6.92. The van der Waals surface area contributed by atoms with E-state index in [2.05, 4.69) is 15.5 Å². The van der Waals surface area contributed by atoms with Crippen LogP contribution in [0, 0.1) is 0 Å². The molecule has 0 spiro atoms. The fourth-order valence-electron chi connectivity index (χ4n) is 2.91. The van der Waals surface area contributed by atoms with E-state index in [0.717, 1.165) is 30.7 Å². The third kappa shape index (κ3) is 3.50. The van der Waals surface area contributed by atoms with Crippen molar-refractivity contribution in [3.8, 4) is 17.1 Å². The van der Waals surface area contributed by atoms with E-state index < -0.39 is 0 Å². The monoisotopic (exact) mass is 330 g/mol. The predicted octanol–water partition coefficient (Wildman–Crippen LogP) is 2.65. The number of benzene rings is 1. The molecular formula is C17H22N4O3. The number of nitrogens with one attached hydrogen (secondary N) is 1. The van der Waals surface area contributed by atoms with Crippen molar-refractivity contribution in [2.24, 2.45) is 0 Å². The van der Waals surface area contributed by atoms with Crippen LogP contribution in [0.5, 0.6) is 5.75 Å². The molecule has 3 rings (SSSR count). The molecule has 1 saturated heterocycles. The Balaban J connectivity index is 1.74. The number of aromatic nitrogens is 2. The highest BCUT2D eigenvalue weighted by Crippen LogP contribution is 2.28. The number of likely N-dealkylation sites (tertiary alicyclic amines) is 1. The highest BCUT2D eigenvalue weighted by molar-refractivity contribution is 5.74. The van der Waals surface area contributed by atoms with Crippen molar-refractivity contribution in [2.45, 2.75) is 25.7 Å². The Bertz CT molecular complexity index is 701. The lowest BCUT2D eigenvalue weighted by atomic mass is 9.98. The number of piperidine rings is 1. The first kappa shape index (κ1) is 16.3. The molecule has 0 radical (unpaired) electrons. The van der Waals surface area contributed by atoms with Gasteiger partial charge in [-0.2, -0.15) is 4.98 Å². The third-order valence-electron chi connectivity index (χ3n) is 4.16. The molecule has 7 heteroatoms. The number of urea groups is 1. The zero-order valence-electron chi connectivity index (χ0n) is 14.0. The number of rotatable bonds is 4. The lowest BCUT2D eigenvalue weighted by Gasteiger charge is -2.30. The maximum absolute atomic E-state index is 12.0. The van der Waals surface area contributed by atoms with Crippen LogP contribution in [0.4, 0.5) is 4.79 Å². The van der Waals surface area contributed by atoms with Crippen molar-refractivity contribution in [2.75, 3.05) is 26.7 Å². The van der Waals surface area contributed by atoms with Crippen LogP contribution < -0.4 is 10.1 Å². The minimum Gasteiger partial charge on any atom is -0.497 e. The molecule has 1 unspecified atom stereocenters. The summed E-state index contributed by atoms with van der Waals surface area (Å²) in [5.74, 6) is 1.95. The summed E-state index contributed by atoms with van der Waals surface area (Å²) in [6.45, 7) is 3.91. The Labute approximate surface area is 141 Å². The minimum atomic E-state index is -0.0327. The zero-order valence-corrected chi connectivity index (χ0v) is 14.0. The van der Waals surface area contributed by atoms with Gasteiger partial charge < -0.3 is 19.5 Å². The van der Waals surface area contributed by atoms with Crippen LogP contribution in [0.15, 0.2) is 28.8 Å². The molecule has 2 aromatic rings. The largest absolute Gasteiger partial charge is 0.497 e. The number of hydrogen-bond acceptors (Lipinski definition) is 5. The molecule has 2 amide bonds.